The molecule has 2 nitrogen and oxygen atoms in total. The van der Waals surface area contributed by atoms with Gasteiger partial charge in [0.25, 0.3) is 0 Å². The van der Waals surface area contributed by atoms with Crippen LogP contribution in [0, 0.1) is 5.92 Å². The fraction of sp³-hybridized carbons (Fsp3) is 1.00. The zero-order valence-corrected chi connectivity index (χ0v) is 10.5. The smallest absolute Gasteiger partial charge is 0.00789 e. The van der Waals surface area contributed by atoms with Crippen molar-refractivity contribution in [2.24, 2.45) is 11.7 Å². The summed E-state index contributed by atoms with van der Waals surface area (Å²) in [5.41, 5.74) is 5.62. The molecule has 90 valence electrons. The summed E-state index contributed by atoms with van der Waals surface area (Å²) in [5, 5.41) is 0. The van der Waals surface area contributed by atoms with Gasteiger partial charge in [0.05, 0.1) is 0 Å². The maximum absolute atomic E-state index is 5.62. The van der Waals surface area contributed by atoms with Crippen molar-refractivity contribution < 1.29 is 0 Å². The maximum Gasteiger partial charge on any atom is 0.00789 e. The Kier molecular flexibility index (Phi) is 6.26. The summed E-state index contributed by atoms with van der Waals surface area (Å²) in [6, 6.07) is 0.690. The molecule has 0 spiro atoms. The lowest BCUT2D eigenvalue weighted by Gasteiger charge is -2.27. The van der Waals surface area contributed by atoms with Crippen molar-refractivity contribution in [1.29, 1.82) is 0 Å². The lowest BCUT2D eigenvalue weighted by molar-refractivity contribution is 0.206. The predicted octanol–water partition coefficient (Wildman–Crippen LogP) is 2.63. The van der Waals surface area contributed by atoms with E-state index in [1.807, 2.05) is 0 Å². The number of hydrogen-bond acceptors (Lipinski definition) is 2. The van der Waals surface area contributed by atoms with Gasteiger partial charge in [0.15, 0.2) is 0 Å². The molecule has 1 fully saturated rings. The summed E-state index contributed by atoms with van der Waals surface area (Å²) in [6.45, 7) is 8.05. The van der Waals surface area contributed by atoms with Gasteiger partial charge in [-0.05, 0) is 58.2 Å². The molecule has 0 radical (unpaired) electrons. The van der Waals surface area contributed by atoms with Gasteiger partial charge in [0, 0.05) is 6.04 Å². The third-order valence-electron chi connectivity index (χ3n) is 3.79. The summed E-state index contributed by atoms with van der Waals surface area (Å²) in [5.74, 6) is 0.991. The number of hydrogen-bond donors (Lipinski definition) is 1. The average molecular weight is 212 g/mol. The van der Waals surface area contributed by atoms with E-state index >= 15 is 0 Å². The minimum Gasteiger partial charge on any atom is -0.330 e. The monoisotopic (exact) mass is 212 g/mol. The van der Waals surface area contributed by atoms with Gasteiger partial charge >= 0.3 is 0 Å². The minimum atomic E-state index is 0.690. The van der Waals surface area contributed by atoms with Crippen molar-refractivity contribution in [2.45, 2.75) is 58.4 Å². The number of nitrogens with two attached hydrogens (primary N) is 1. The van der Waals surface area contributed by atoms with E-state index in [-0.39, 0.29) is 0 Å². The Labute approximate surface area is 95.2 Å². The quantitative estimate of drug-likeness (QED) is 0.759. The highest BCUT2D eigenvalue weighted by molar-refractivity contribution is 4.74. The van der Waals surface area contributed by atoms with Crippen LogP contribution < -0.4 is 5.73 Å². The molecule has 1 aliphatic heterocycles. The Morgan fingerprint density at radius 3 is 2.80 bits per heavy atom. The van der Waals surface area contributed by atoms with Gasteiger partial charge in [-0.3, -0.25) is 0 Å². The Bertz CT molecular complexity index is 159. The molecule has 1 saturated heterocycles. The molecule has 0 aliphatic carbocycles. The molecule has 0 aromatic carbocycles. The van der Waals surface area contributed by atoms with Crippen molar-refractivity contribution in [2.75, 3.05) is 19.6 Å². The summed E-state index contributed by atoms with van der Waals surface area (Å²) >= 11 is 0. The molecule has 15 heavy (non-hydrogen) atoms. The first-order valence-electron chi connectivity index (χ1n) is 6.72. The molecule has 1 heterocycles. The summed E-state index contributed by atoms with van der Waals surface area (Å²) in [7, 11) is 0. The second-order valence-corrected chi connectivity index (χ2v) is 5.05. The van der Waals surface area contributed by atoms with E-state index in [2.05, 4.69) is 18.7 Å². The van der Waals surface area contributed by atoms with Crippen LogP contribution in [0.3, 0.4) is 0 Å². The highest BCUT2D eigenvalue weighted by Crippen LogP contribution is 2.23. The van der Waals surface area contributed by atoms with E-state index in [9.17, 15) is 0 Å². The van der Waals surface area contributed by atoms with Crippen LogP contribution in [0.15, 0.2) is 0 Å². The Hall–Kier alpha value is -0.0800. The lowest BCUT2D eigenvalue weighted by atomic mass is 9.96. The molecule has 0 aromatic rings. The summed E-state index contributed by atoms with van der Waals surface area (Å²) in [6.07, 6.45) is 8.17. The van der Waals surface area contributed by atoms with Crippen LogP contribution >= 0.6 is 0 Å². The van der Waals surface area contributed by atoms with Crippen LogP contribution in [0.4, 0.5) is 0 Å². The topological polar surface area (TPSA) is 29.3 Å². The molecule has 0 bridgehead atoms. The van der Waals surface area contributed by atoms with Crippen LogP contribution in [0.5, 0.6) is 0 Å². The molecule has 1 rings (SSSR count). The van der Waals surface area contributed by atoms with E-state index in [0.29, 0.717) is 6.04 Å². The van der Waals surface area contributed by atoms with Crippen LogP contribution in [0.25, 0.3) is 0 Å². The highest BCUT2D eigenvalue weighted by atomic mass is 15.1. The largest absolute Gasteiger partial charge is 0.330 e. The van der Waals surface area contributed by atoms with Crippen LogP contribution in [0.2, 0.25) is 0 Å². The first kappa shape index (κ1) is 13.0. The van der Waals surface area contributed by atoms with E-state index in [0.717, 1.165) is 18.9 Å². The van der Waals surface area contributed by atoms with Crippen molar-refractivity contribution in [3.63, 3.8) is 0 Å². The zero-order valence-electron chi connectivity index (χ0n) is 10.5. The Morgan fingerprint density at radius 2 is 2.13 bits per heavy atom. The van der Waals surface area contributed by atoms with Gasteiger partial charge < -0.3 is 10.6 Å². The molecular weight excluding hydrogens is 184 g/mol. The number of likely N-dealkylation sites (tertiary alicyclic amines) is 1. The van der Waals surface area contributed by atoms with Crippen LogP contribution in [-0.2, 0) is 0 Å². The second kappa shape index (κ2) is 7.24. The standard InChI is InChI=1S/C13H28N2/c1-3-5-13-6-4-10-15(11-8-13)12(2)7-9-14/h12-13H,3-11,14H2,1-2H3. The van der Waals surface area contributed by atoms with Crippen molar-refractivity contribution >= 4 is 0 Å². The summed E-state index contributed by atoms with van der Waals surface area (Å²) < 4.78 is 0. The third-order valence-corrected chi connectivity index (χ3v) is 3.79. The Morgan fingerprint density at radius 1 is 1.33 bits per heavy atom. The molecule has 2 unspecified atom stereocenters. The normalized spacial score (nSPS) is 26.2. The van der Waals surface area contributed by atoms with Crippen molar-refractivity contribution in [3.05, 3.63) is 0 Å². The van der Waals surface area contributed by atoms with Gasteiger partial charge in [0.2, 0.25) is 0 Å². The lowest BCUT2D eigenvalue weighted by Crippen LogP contribution is -2.35. The maximum atomic E-state index is 5.62. The highest BCUT2D eigenvalue weighted by Gasteiger charge is 2.19. The zero-order chi connectivity index (χ0) is 11.1. The van der Waals surface area contributed by atoms with Crippen LogP contribution in [-0.4, -0.2) is 30.6 Å². The van der Waals surface area contributed by atoms with E-state index in [4.69, 9.17) is 5.73 Å². The molecule has 1 aliphatic rings. The van der Waals surface area contributed by atoms with Crippen LogP contribution in [0.1, 0.15) is 52.4 Å². The fourth-order valence-corrected chi connectivity index (χ4v) is 2.75. The molecule has 0 aromatic heterocycles. The van der Waals surface area contributed by atoms with Gasteiger partial charge in [-0.15, -0.1) is 0 Å². The van der Waals surface area contributed by atoms with Crippen molar-refractivity contribution in [3.8, 4) is 0 Å². The third kappa shape index (κ3) is 4.52. The van der Waals surface area contributed by atoms with Gasteiger partial charge in [-0.1, -0.05) is 19.8 Å². The predicted molar refractivity (Wildman–Crippen MR) is 67.0 cm³/mol. The molecule has 2 atom stereocenters. The van der Waals surface area contributed by atoms with E-state index < -0.39 is 0 Å². The first-order valence-corrected chi connectivity index (χ1v) is 6.72. The SMILES string of the molecule is CCCC1CCCN(C(C)CCN)CC1. The van der Waals surface area contributed by atoms with Gasteiger partial charge in [-0.25, -0.2) is 0 Å². The second-order valence-electron chi connectivity index (χ2n) is 5.05. The molecule has 0 saturated carbocycles. The fourth-order valence-electron chi connectivity index (χ4n) is 2.75. The van der Waals surface area contributed by atoms with E-state index in [1.165, 1.54) is 45.2 Å². The average Bonchev–Trinajstić information content (AvgIpc) is 2.44. The number of rotatable bonds is 5. The minimum absolute atomic E-state index is 0.690. The molecule has 2 heteroatoms. The van der Waals surface area contributed by atoms with Crippen molar-refractivity contribution in [1.82, 2.24) is 4.90 Å². The van der Waals surface area contributed by atoms with Gasteiger partial charge in [0.1, 0.15) is 0 Å². The van der Waals surface area contributed by atoms with Gasteiger partial charge in [-0.2, -0.15) is 0 Å². The molecule has 0 amide bonds. The summed E-state index contributed by atoms with van der Waals surface area (Å²) in [4.78, 5) is 2.64. The molecule has 2 N–H and O–H groups in total. The first-order chi connectivity index (χ1) is 7.27. The Balaban J connectivity index is 2.31. The molecular formula is C13H28N2. The van der Waals surface area contributed by atoms with E-state index in [1.54, 1.807) is 0 Å². The number of nitrogens with zero attached hydrogens (tertiary/aromatic N) is 1.